The van der Waals surface area contributed by atoms with Gasteiger partial charge in [0.2, 0.25) is 0 Å². The molecule has 1 aromatic carbocycles. The summed E-state index contributed by atoms with van der Waals surface area (Å²) in [7, 11) is 1.70. The highest BCUT2D eigenvalue weighted by Crippen LogP contribution is 2.27. The van der Waals surface area contributed by atoms with Gasteiger partial charge in [-0.3, -0.25) is 0 Å². The van der Waals surface area contributed by atoms with Crippen molar-refractivity contribution in [2.75, 3.05) is 19.0 Å². The van der Waals surface area contributed by atoms with E-state index < -0.39 is 0 Å². The second kappa shape index (κ2) is 6.10. The molecule has 0 aliphatic carbocycles. The molecule has 3 aromatic rings. The Labute approximate surface area is 127 Å². The molecule has 4 nitrogen and oxygen atoms in total. The minimum Gasteiger partial charge on any atom is -0.496 e. The van der Waals surface area contributed by atoms with E-state index in [1.54, 1.807) is 24.8 Å². The van der Waals surface area contributed by atoms with Gasteiger partial charge in [-0.25, -0.2) is 9.97 Å². The number of hydrogen-bond acceptors (Lipinski definition) is 5. The monoisotopic (exact) mass is 299 g/mol. The molecule has 108 valence electrons. The number of rotatable bonds is 5. The fourth-order valence-corrected chi connectivity index (χ4v) is 3.19. The molecule has 0 amide bonds. The number of nitrogens with one attached hydrogen (secondary N) is 1. The molecule has 3 rings (SSSR count). The van der Waals surface area contributed by atoms with Crippen molar-refractivity contribution in [1.82, 2.24) is 9.97 Å². The quantitative estimate of drug-likeness (QED) is 0.781. The van der Waals surface area contributed by atoms with Gasteiger partial charge in [0.25, 0.3) is 0 Å². The highest BCUT2D eigenvalue weighted by molar-refractivity contribution is 7.18. The van der Waals surface area contributed by atoms with Crippen molar-refractivity contribution in [2.24, 2.45) is 0 Å². The molecule has 2 heterocycles. The Kier molecular flexibility index (Phi) is 4.01. The Hall–Kier alpha value is -2.14. The molecule has 0 spiro atoms. The van der Waals surface area contributed by atoms with Crippen LogP contribution in [0.3, 0.4) is 0 Å². The largest absolute Gasteiger partial charge is 0.496 e. The van der Waals surface area contributed by atoms with Crippen molar-refractivity contribution in [3.63, 3.8) is 0 Å². The third kappa shape index (κ3) is 2.97. The third-order valence-electron chi connectivity index (χ3n) is 3.33. The predicted octanol–water partition coefficient (Wildman–Crippen LogP) is 3.66. The van der Waals surface area contributed by atoms with E-state index >= 15 is 0 Å². The Morgan fingerprint density at radius 1 is 1.24 bits per heavy atom. The number of nitrogens with zero attached hydrogens (tertiary/aromatic N) is 2. The first-order valence-corrected chi connectivity index (χ1v) is 7.66. The zero-order valence-electron chi connectivity index (χ0n) is 12.1. The van der Waals surface area contributed by atoms with Crippen LogP contribution in [-0.2, 0) is 6.42 Å². The highest BCUT2D eigenvalue weighted by Gasteiger charge is 2.07. The lowest BCUT2D eigenvalue weighted by molar-refractivity contribution is 0.410. The van der Waals surface area contributed by atoms with Gasteiger partial charge in [-0.1, -0.05) is 18.2 Å². The summed E-state index contributed by atoms with van der Waals surface area (Å²) in [5.74, 6) is 1.83. The van der Waals surface area contributed by atoms with Gasteiger partial charge < -0.3 is 10.1 Å². The molecule has 0 aliphatic rings. The Balaban J connectivity index is 1.72. The van der Waals surface area contributed by atoms with Crippen molar-refractivity contribution in [1.29, 1.82) is 0 Å². The van der Waals surface area contributed by atoms with Gasteiger partial charge in [-0.05, 0) is 31.0 Å². The Bertz CT molecular complexity index is 754. The summed E-state index contributed by atoms with van der Waals surface area (Å²) in [5.41, 5.74) is 1.19. The summed E-state index contributed by atoms with van der Waals surface area (Å²) in [5, 5.41) is 4.50. The standard InChI is InChI=1S/C16H17N3OS/c1-11-9-13-15(18-10-19-16(13)21-11)17-8-7-12-5-3-4-6-14(12)20-2/h3-6,9-10H,7-8H2,1-2H3,(H,17,18,19). The minimum atomic E-state index is 0.807. The Morgan fingerprint density at radius 2 is 2.10 bits per heavy atom. The molecule has 0 saturated heterocycles. The van der Waals surface area contributed by atoms with Crippen LogP contribution < -0.4 is 10.1 Å². The second-order valence-corrected chi connectivity index (χ2v) is 6.02. The second-order valence-electron chi connectivity index (χ2n) is 4.79. The molecule has 0 atom stereocenters. The fraction of sp³-hybridized carbons (Fsp3) is 0.250. The lowest BCUT2D eigenvalue weighted by Gasteiger charge is -2.09. The first kappa shape index (κ1) is 13.8. The summed E-state index contributed by atoms with van der Waals surface area (Å²) < 4.78 is 5.37. The molecule has 0 aliphatic heterocycles. The molecule has 0 unspecified atom stereocenters. The number of ether oxygens (including phenoxy) is 1. The fourth-order valence-electron chi connectivity index (χ4n) is 2.34. The summed E-state index contributed by atoms with van der Waals surface area (Å²) >= 11 is 1.69. The molecule has 1 N–H and O–H groups in total. The zero-order chi connectivity index (χ0) is 14.7. The number of aromatic nitrogens is 2. The lowest BCUT2D eigenvalue weighted by atomic mass is 10.1. The molecule has 5 heteroatoms. The van der Waals surface area contributed by atoms with Crippen molar-refractivity contribution >= 4 is 27.4 Å². The van der Waals surface area contributed by atoms with E-state index in [0.29, 0.717) is 0 Å². The summed E-state index contributed by atoms with van der Waals surface area (Å²) in [6.45, 7) is 2.90. The molecule has 0 bridgehead atoms. The van der Waals surface area contributed by atoms with Crippen LogP contribution in [0, 0.1) is 6.92 Å². The smallest absolute Gasteiger partial charge is 0.138 e. The summed E-state index contributed by atoms with van der Waals surface area (Å²) in [6.07, 6.45) is 2.50. The van der Waals surface area contributed by atoms with Gasteiger partial charge >= 0.3 is 0 Å². The maximum absolute atomic E-state index is 5.37. The maximum atomic E-state index is 5.37. The maximum Gasteiger partial charge on any atom is 0.138 e. The number of aryl methyl sites for hydroxylation is 1. The van der Waals surface area contributed by atoms with E-state index in [1.807, 2.05) is 18.2 Å². The minimum absolute atomic E-state index is 0.807. The number of para-hydroxylation sites is 1. The van der Waals surface area contributed by atoms with Gasteiger partial charge in [-0.2, -0.15) is 0 Å². The van der Waals surface area contributed by atoms with E-state index in [4.69, 9.17) is 4.74 Å². The zero-order valence-corrected chi connectivity index (χ0v) is 12.9. The van der Waals surface area contributed by atoms with Crippen molar-refractivity contribution in [3.8, 4) is 5.75 Å². The topological polar surface area (TPSA) is 47.0 Å². The average molecular weight is 299 g/mol. The third-order valence-corrected chi connectivity index (χ3v) is 4.29. The van der Waals surface area contributed by atoms with E-state index in [-0.39, 0.29) is 0 Å². The Morgan fingerprint density at radius 3 is 2.95 bits per heavy atom. The molecule has 0 saturated carbocycles. The van der Waals surface area contributed by atoms with Gasteiger partial charge in [0.15, 0.2) is 0 Å². The molecular formula is C16H17N3OS. The van der Waals surface area contributed by atoms with Crippen LogP contribution in [0.2, 0.25) is 0 Å². The first-order valence-electron chi connectivity index (χ1n) is 6.85. The molecular weight excluding hydrogens is 282 g/mol. The van der Waals surface area contributed by atoms with Gasteiger partial charge in [0.05, 0.1) is 12.5 Å². The van der Waals surface area contributed by atoms with E-state index in [0.717, 1.165) is 34.7 Å². The van der Waals surface area contributed by atoms with Crippen LogP contribution in [0.15, 0.2) is 36.7 Å². The van der Waals surface area contributed by atoms with Crippen molar-refractivity contribution in [3.05, 3.63) is 47.1 Å². The number of benzene rings is 1. The number of methoxy groups -OCH3 is 1. The van der Waals surface area contributed by atoms with Crippen LogP contribution in [0.25, 0.3) is 10.2 Å². The van der Waals surface area contributed by atoms with Crippen LogP contribution in [-0.4, -0.2) is 23.6 Å². The average Bonchev–Trinajstić information content (AvgIpc) is 2.89. The number of anilines is 1. The molecule has 0 radical (unpaired) electrons. The van der Waals surface area contributed by atoms with Gasteiger partial charge in [0.1, 0.15) is 22.7 Å². The first-order chi connectivity index (χ1) is 10.3. The van der Waals surface area contributed by atoms with E-state index in [9.17, 15) is 0 Å². The van der Waals surface area contributed by atoms with Crippen LogP contribution in [0.5, 0.6) is 5.75 Å². The highest BCUT2D eigenvalue weighted by atomic mass is 32.1. The molecule has 0 fully saturated rings. The van der Waals surface area contributed by atoms with E-state index in [2.05, 4.69) is 34.3 Å². The normalized spacial score (nSPS) is 10.8. The SMILES string of the molecule is COc1ccccc1CCNc1ncnc2sc(C)cc12. The van der Waals surface area contributed by atoms with Crippen molar-refractivity contribution in [2.45, 2.75) is 13.3 Å². The lowest BCUT2D eigenvalue weighted by Crippen LogP contribution is -2.07. The van der Waals surface area contributed by atoms with Gasteiger partial charge in [-0.15, -0.1) is 11.3 Å². The number of fused-ring (bicyclic) bond motifs is 1. The number of thiophene rings is 1. The van der Waals surface area contributed by atoms with Crippen LogP contribution in [0.1, 0.15) is 10.4 Å². The van der Waals surface area contributed by atoms with Gasteiger partial charge in [0, 0.05) is 11.4 Å². The molecule has 21 heavy (non-hydrogen) atoms. The summed E-state index contributed by atoms with van der Waals surface area (Å²) in [6, 6.07) is 10.2. The van der Waals surface area contributed by atoms with E-state index in [1.165, 1.54) is 10.4 Å². The van der Waals surface area contributed by atoms with Crippen LogP contribution >= 0.6 is 11.3 Å². The molecule has 2 aromatic heterocycles. The summed E-state index contributed by atoms with van der Waals surface area (Å²) in [4.78, 5) is 10.9. The predicted molar refractivity (Wildman–Crippen MR) is 87.3 cm³/mol. The van der Waals surface area contributed by atoms with Crippen LogP contribution in [0.4, 0.5) is 5.82 Å². The number of hydrogen-bond donors (Lipinski definition) is 1. The van der Waals surface area contributed by atoms with Crippen molar-refractivity contribution < 1.29 is 4.74 Å².